The van der Waals surface area contributed by atoms with Crippen LogP contribution in [0.1, 0.15) is 36.0 Å². The van der Waals surface area contributed by atoms with E-state index in [-0.39, 0.29) is 5.78 Å². The normalized spacial score (nSPS) is 16.4. The van der Waals surface area contributed by atoms with E-state index < -0.39 is 0 Å². The minimum Gasteiger partial charge on any atom is -0.307 e. The highest BCUT2D eigenvalue weighted by atomic mass is 32.1. The molecule has 18 heavy (non-hydrogen) atoms. The molecule has 3 nitrogen and oxygen atoms in total. The highest BCUT2D eigenvalue weighted by molar-refractivity contribution is 7.16. The molecule has 0 amide bonds. The number of nitrogens with one attached hydrogen (secondary N) is 1. The van der Waals surface area contributed by atoms with Crippen molar-refractivity contribution < 1.29 is 4.79 Å². The van der Waals surface area contributed by atoms with Crippen molar-refractivity contribution in [2.45, 2.75) is 31.7 Å². The molecule has 1 aliphatic rings. The lowest BCUT2D eigenvalue weighted by Crippen LogP contribution is -2.31. The number of carbonyl (C=O) groups excluding carboxylic acids is 1. The third-order valence-electron chi connectivity index (χ3n) is 3.56. The summed E-state index contributed by atoms with van der Waals surface area (Å²) in [6, 6.07) is 6.32. The molecule has 94 valence electrons. The second-order valence-corrected chi connectivity index (χ2v) is 5.71. The van der Waals surface area contributed by atoms with Crippen molar-refractivity contribution in [2.24, 2.45) is 0 Å². The van der Waals surface area contributed by atoms with Gasteiger partial charge in [-0.05, 0) is 31.0 Å². The maximum Gasteiger partial charge on any atom is 0.176 e. The minimum absolute atomic E-state index is 0.164. The SMILES string of the molecule is O=C(CNC1CCCC1)c1ccc2scnc2c1. The second kappa shape index (κ2) is 5.16. The lowest BCUT2D eigenvalue weighted by atomic mass is 10.1. The molecule has 1 fully saturated rings. The van der Waals surface area contributed by atoms with Crippen LogP contribution in [0.3, 0.4) is 0 Å². The van der Waals surface area contributed by atoms with Crippen LogP contribution in [-0.4, -0.2) is 23.4 Å². The van der Waals surface area contributed by atoms with Crippen molar-refractivity contribution in [1.29, 1.82) is 0 Å². The van der Waals surface area contributed by atoms with E-state index in [2.05, 4.69) is 10.3 Å². The highest BCUT2D eigenvalue weighted by Crippen LogP contribution is 2.20. The first-order chi connectivity index (χ1) is 8.83. The van der Waals surface area contributed by atoms with Crippen LogP contribution in [0.15, 0.2) is 23.7 Å². The Kier molecular flexibility index (Phi) is 3.39. The van der Waals surface area contributed by atoms with Gasteiger partial charge >= 0.3 is 0 Å². The Morgan fingerprint density at radius 2 is 2.22 bits per heavy atom. The zero-order valence-electron chi connectivity index (χ0n) is 10.2. The highest BCUT2D eigenvalue weighted by Gasteiger charge is 2.16. The summed E-state index contributed by atoms with van der Waals surface area (Å²) in [6.45, 7) is 0.445. The lowest BCUT2D eigenvalue weighted by Gasteiger charge is -2.10. The largest absolute Gasteiger partial charge is 0.307 e. The topological polar surface area (TPSA) is 42.0 Å². The van der Waals surface area contributed by atoms with Crippen LogP contribution in [0, 0.1) is 0 Å². The van der Waals surface area contributed by atoms with Gasteiger partial charge in [-0.2, -0.15) is 0 Å². The van der Waals surface area contributed by atoms with E-state index in [0.717, 1.165) is 15.8 Å². The Balaban J connectivity index is 1.67. The first-order valence-corrected chi connectivity index (χ1v) is 7.31. The number of thiazole rings is 1. The van der Waals surface area contributed by atoms with Crippen molar-refractivity contribution >= 4 is 27.3 Å². The number of aromatic nitrogens is 1. The van der Waals surface area contributed by atoms with Crippen LogP contribution in [-0.2, 0) is 0 Å². The number of ketones is 1. The van der Waals surface area contributed by atoms with Crippen LogP contribution >= 0.6 is 11.3 Å². The van der Waals surface area contributed by atoms with Gasteiger partial charge in [0.25, 0.3) is 0 Å². The molecule has 0 saturated heterocycles. The van der Waals surface area contributed by atoms with Crippen LogP contribution < -0.4 is 5.32 Å². The Labute approximate surface area is 110 Å². The molecule has 2 aromatic rings. The summed E-state index contributed by atoms with van der Waals surface area (Å²) < 4.78 is 1.13. The molecule has 0 radical (unpaired) electrons. The molecule has 1 saturated carbocycles. The van der Waals surface area contributed by atoms with Gasteiger partial charge in [0.1, 0.15) is 0 Å². The molecule has 4 heteroatoms. The molecule has 0 atom stereocenters. The molecule has 1 N–H and O–H groups in total. The molecule has 1 aromatic heterocycles. The first kappa shape index (κ1) is 11.8. The van der Waals surface area contributed by atoms with Crippen LogP contribution in [0.25, 0.3) is 10.2 Å². The monoisotopic (exact) mass is 260 g/mol. The van der Waals surface area contributed by atoms with E-state index in [4.69, 9.17) is 0 Å². The van der Waals surface area contributed by atoms with Crippen molar-refractivity contribution in [2.75, 3.05) is 6.54 Å². The summed E-state index contributed by atoms with van der Waals surface area (Å²) in [5, 5.41) is 3.35. The third-order valence-corrected chi connectivity index (χ3v) is 4.37. The fourth-order valence-corrected chi connectivity index (χ4v) is 3.16. The number of nitrogens with zero attached hydrogens (tertiary/aromatic N) is 1. The molecule has 0 unspecified atom stereocenters. The van der Waals surface area contributed by atoms with Gasteiger partial charge in [0.2, 0.25) is 0 Å². The number of hydrogen-bond acceptors (Lipinski definition) is 4. The number of carbonyl (C=O) groups is 1. The Bertz CT molecular complexity index is 558. The summed E-state index contributed by atoms with van der Waals surface area (Å²) in [5.41, 5.74) is 3.50. The zero-order valence-corrected chi connectivity index (χ0v) is 11.0. The Morgan fingerprint density at radius 3 is 3.06 bits per heavy atom. The van der Waals surface area contributed by atoms with E-state index in [1.54, 1.807) is 11.3 Å². The van der Waals surface area contributed by atoms with E-state index in [0.29, 0.717) is 12.6 Å². The third kappa shape index (κ3) is 2.44. The zero-order chi connectivity index (χ0) is 12.4. The average molecular weight is 260 g/mol. The summed E-state index contributed by atoms with van der Waals surface area (Å²) in [6.07, 6.45) is 4.99. The van der Waals surface area contributed by atoms with Crippen molar-refractivity contribution in [3.8, 4) is 0 Å². The quantitative estimate of drug-likeness (QED) is 0.859. The van der Waals surface area contributed by atoms with Gasteiger partial charge in [0.15, 0.2) is 5.78 Å². The van der Waals surface area contributed by atoms with Crippen molar-refractivity contribution in [3.05, 3.63) is 29.3 Å². The average Bonchev–Trinajstić information content (AvgIpc) is 3.05. The van der Waals surface area contributed by atoms with E-state index in [1.165, 1.54) is 25.7 Å². The number of rotatable bonds is 4. The Hall–Kier alpha value is -1.26. The van der Waals surface area contributed by atoms with Crippen molar-refractivity contribution in [3.63, 3.8) is 0 Å². The maximum absolute atomic E-state index is 12.1. The van der Waals surface area contributed by atoms with E-state index in [1.807, 2.05) is 23.7 Å². The van der Waals surface area contributed by atoms with Gasteiger partial charge in [0.05, 0.1) is 22.3 Å². The standard InChI is InChI=1S/C14H16N2OS/c17-13(8-15-11-3-1-2-4-11)10-5-6-14-12(7-10)16-9-18-14/h5-7,9,11,15H,1-4,8H2. The summed E-state index contributed by atoms with van der Waals surface area (Å²) in [5.74, 6) is 0.164. The molecular formula is C14H16N2OS. The predicted octanol–water partition coefficient (Wildman–Crippen LogP) is 3.01. The van der Waals surface area contributed by atoms with Crippen LogP contribution in [0.5, 0.6) is 0 Å². The van der Waals surface area contributed by atoms with Crippen molar-refractivity contribution in [1.82, 2.24) is 10.3 Å². The minimum atomic E-state index is 0.164. The number of hydrogen-bond donors (Lipinski definition) is 1. The molecule has 1 heterocycles. The summed E-state index contributed by atoms with van der Waals surface area (Å²) in [4.78, 5) is 16.3. The van der Waals surface area contributed by atoms with E-state index >= 15 is 0 Å². The first-order valence-electron chi connectivity index (χ1n) is 6.43. The molecule has 3 rings (SSSR count). The number of Topliss-reactive ketones (excluding diaryl/α,β-unsaturated/α-hetero) is 1. The molecule has 0 spiro atoms. The molecular weight excluding hydrogens is 244 g/mol. The van der Waals surface area contributed by atoms with Gasteiger partial charge < -0.3 is 5.32 Å². The lowest BCUT2D eigenvalue weighted by molar-refractivity contribution is 0.0987. The molecule has 1 aliphatic carbocycles. The van der Waals surface area contributed by atoms with Gasteiger partial charge in [-0.1, -0.05) is 12.8 Å². The van der Waals surface area contributed by atoms with Crippen LogP contribution in [0.2, 0.25) is 0 Å². The summed E-state index contributed by atoms with van der Waals surface area (Å²) in [7, 11) is 0. The van der Waals surface area contributed by atoms with Gasteiger partial charge in [0, 0.05) is 11.6 Å². The Morgan fingerprint density at radius 1 is 1.39 bits per heavy atom. The van der Waals surface area contributed by atoms with Gasteiger partial charge in [-0.3, -0.25) is 4.79 Å². The van der Waals surface area contributed by atoms with Gasteiger partial charge in [-0.25, -0.2) is 4.98 Å². The smallest absolute Gasteiger partial charge is 0.176 e. The second-order valence-electron chi connectivity index (χ2n) is 4.82. The predicted molar refractivity (Wildman–Crippen MR) is 74.2 cm³/mol. The van der Waals surface area contributed by atoms with Gasteiger partial charge in [-0.15, -0.1) is 11.3 Å². The molecule has 1 aromatic carbocycles. The molecule has 0 bridgehead atoms. The maximum atomic E-state index is 12.1. The fraction of sp³-hybridized carbons (Fsp3) is 0.429. The van der Waals surface area contributed by atoms with Crippen LogP contribution in [0.4, 0.5) is 0 Å². The molecule has 0 aliphatic heterocycles. The van der Waals surface area contributed by atoms with E-state index in [9.17, 15) is 4.79 Å². The summed E-state index contributed by atoms with van der Waals surface area (Å²) >= 11 is 1.60. The fourth-order valence-electron chi connectivity index (χ4n) is 2.50. The number of benzene rings is 1. The number of fused-ring (bicyclic) bond motifs is 1.